The molecule has 2 aliphatic heterocycles. The lowest BCUT2D eigenvalue weighted by Crippen LogP contribution is -2.43. The fraction of sp³-hybridized carbons (Fsp3) is 0.457. The SMILES string of the molecule is CCCCN(CCCC)C(=O)c1cc(-c2cc3c(cc2C(=O)N2Cc4ccccc4C[C@H]2C)CN(C(=O)Oc2ccccc2OCCN(C)C)CC3)n(C)c1C. The summed E-state index contributed by atoms with van der Waals surface area (Å²) in [5.41, 5.74) is 8.16. The van der Waals surface area contributed by atoms with E-state index < -0.39 is 6.09 Å². The highest BCUT2D eigenvalue weighted by atomic mass is 16.6. The number of hydrogen-bond acceptors (Lipinski definition) is 6. The summed E-state index contributed by atoms with van der Waals surface area (Å²) in [6, 6.07) is 21.7. The molecule has 0 N–H and O–H groups in total. The van der Waals surface area contributed by atoms with Crippen LogP contribution in [0.2, 0.25) is 0 Å². The van der Waals surface area contributed by atoms with Crippen molar-refractivity contribution in [3.63, 3.8) is 0 Å². The minimum atomic E-state index is -0.463. The molecule has 0 saturated heterocycles. The number of amides is 3. The number of para-hydroxylation sites is 2. The lowest BCUT2D eigenvalue weighted by molar-refractivity contribution is 0.0658. The van der Waals surface area contributed by atoms with Crippen molar-refractivity contribution in [2.45, 2.75) is 85.4 Å². The first-order valence-electron chi connectivity index (χ1n) is 20.3. The minimum Gasteiger partial charge on any atom is -0.488 e. The van der Waals surface area contributed by atoms with E-state index in [1.54, 1.807) is 17.0 Å². The van der Waals surface area contributed by atoms with E-state index in [-0.39, 0.29) is 17.9 Å². The zero-order valence-corrected chi connectivity index (χ0v) is 34.4. The van der Waals surface area contributed by atoms with Crippen LogP contribution in [-0.4, -0.2) is 95.0 Å². The van der Waals surface area contributed by atoms with Crippen LogP contribution >= 0.6 is 0 Å². The molecule has 2 aliphatic rings. The Labute approximate surface area is 333 Å². The molecule has 10 heteroatoms. The van der Waals surface area contributed by atoms with Crippen molar-refractivity contribution in [1.82, 2.24) is 24.2 Å². The Kier molecular flexibility index (Phi) is 13.2. The van der Waals surface area contributed by atoms with Crippen molar-refractivity contribution in [3.8, 4) is 22.8 Å². The van der Waals surface area contributed by atoms with Crippen LogP contribution in [0.5, 0.6) is 11.5 Å². The number of benzene rings is 3. The van der Waals surface area contributed by atoms with Gasteiger partial charge in [-0.25, -0.2) is 4.79 Å². The highest BCUT2D eigenvalue weighted by Crippen LogP contribution is 2.36. The molecule has 1 atom stereocenters. The first kappa shape index (κ1) is 40.6. The van der Waals surface area contributed by atoms with Gasteiger partial charge in [-0.2, -0.15) is 0 Å². The number of nitrogens with zero attached hydrogens (tertiary/aromatic N) is 5. The molecule has 0 fully saturated rings. The van der Waals surface area contributed by atoms with Crippen molar-refractivity contribution in [2.24, 2.45) is 7.05 Å². The second-order valence-electron chi connectivity index (χ2n) is 15.6. The molecule has 0 spiro atoms. The minimum absolute atomic E-state index is 0.00857. The van der Waals surface area contributed by atoms with E-state index in [9.17, 15) is 14.4 Å². The Balaban J connectivity index is 1.35. The molecule has 0 aliphatic carbocycles. The summed E-state index contributed by atoms with van der Waals surface area (Å²) in [5, 5.41) is 0. The molecule has 3 amide bonds. The molecule has 0 unspecified atom stereocenters. The van der Waals surface area contributed by atoms with Gasteiger partial charge < -0.3 is 33.6 Å². The van der Waals surface area contributed by atoms with Gasteiger partial charge in [-0.3, -0.25) is 9.59 Å². The third-order valence-electron chi connectivity index (χ3n) is 11.3. The maximum atomic E-state index is 14.9. The fourth-order valence-corrected chi connectivity index (χ4v) is 7.77. The van der Waals surface area contributed by atoms with Gasteiger partial charge in [-0.1, -0.05) is 63.1 Å². The Morgan fingerprint density at radius 1 is 0.804 bits per heavy atom. The zero-order chi connectivity index (χ0) is 39.9. The number of ether oxygens (including phenoxy) is 2. The zero-order valence-electron chi connectivity index (χ0n) is 34.4. The predicted molar refractivity (Wildman–Crippen MR) is 221 cm³/mol. The average Bonchev–Trinajstić information content (AvgIpc) is 3.49. The first-order valence-corrected chi connectivity index (χ1v) is 20.3. The third kappa shape index (κ3) is 8.96. The van der Waals surface area contributed by atoms with E-state index >= 15 is 0 Å². The quantitative estimate of drug-likeness (QED) is 0.129. The van der Waals surface area contributed by atoms with Crippen LogP contribution in [0.3, 0.4) is 0 Å². The van der Waals surface area contributed by atoms with E-state index in [4.69, 9.17) is 9.47 Å². The number of carbonyl (C=O) groups excluding carboxylic acids is 3. The molecule has 0 bridgehead atoms. The topological polar surface area (TPSA) is 87.6 Å². The molecule has 56 heavy (non-hydrogen) atoms. The summed E-state index contributed by atoms with van der Waals surface area (Å²) in [5.74, 6) is 0.870. The molecular weight excluding hydrogens is 703 g/mol. The van der Waals surface area contributed by atoms with Crippen LogP contribution in [-0.2, 0) is 33.0 Å². The third-order valence-corrected chi connectivity index (χ3v) is 11.3. The number of likely N-dealkylation sites (N-methyl/N-ethyl adjacent to an activating group) is 1. The molecule has 3 heterocycles. The molecule has 298 valence electrons. The van der Waals surface area contributed by atoms with E-state index in [0.717, 1.165) is 85.4 Å². The van der Waals surface area contributed by atoms with Crippen LogP contribution in [0.15, 0.2) is 66.7 Å². The lowest BCUT2D eigenvalue weighted by atomic mass is 9.90. The molecule has 3 aromatic carbocycles. The van der Waals surface area contributed by atoms with Gasteiger partial charge in [-0.15, -0.1) is 0 Å². The van der Waals surface area contributed by atoms with Gasteiger partial charge in [0.15, 0.2) is 11.5 Å². The van der Waals surface area contributed by atoms with Crippen LogP contribution in [0.1, 0.15) is 95.1 Å². The van der Waals surface area contributed by atoms with Gasteiger partial charge in [0.2, 0.25) is 0 Å². The molecule has 1 aromatic heterocycles. The van der Waals surface area contributed by atoms with Gasteiger partial charge >= 0.3 is 6.09 Å². The van der Waals surface area contributed by atoms with E-state index in [0.29, 0.717) is 55.3 Å². The number of fused-ring (bicyclic) bond motifs is 2. The van der Waals surface area contributed by atoms with Crippen LogP contribution < -0.4 is 9.47 Å². The van der Waals surface area contributed by atoms with Crippen LogP contribution in [0.4, 0.5) is 4.79 Å². The fourth-order valence-electron chi connectivity index (χ4n) is 7.77. The van der Waals surface area contributed by atoms with Crippen LogP contribution in [0.25, 0.3) is 11.3 Å². The Bertz CT molecular complexity index is 2030. The summed E-state index contributed by atoms with van der Waals surface area (Å²) in [4.78, 5) is 50.4. The predicted octanol–water partition coefficient (Wildman–Crippen LogP) is 8.13. The van der Waals surface area contributed by atoms with Gasteiger partial charge in [0.25, 0.3) is 11.8 Å². The number of unbranched alkanes of at least 4 members (excludes halogenated alkanes) is 2. The van der Waals surface area contributed by atoms with Crippen molar-refractivity contribution < 1.29 is 23.9 Å². The normalized spacial score (nSPS) is 15.0. The van der Waals surface area contributed by atoms with E-state index in [1.165, 1.54) is 5.56 Å². The van der Waals surface area contributed by atoms with Crippen molar-refractivity contribution in [1.29, 1.82) is 0 Å². The summed E-state index contributed by atoms with van der Waals surface area (Å²) in [6.07, 6.45) is 4.85. The number of rotatable bonds is 14. The molecule has 4 aromatic rings. The van der Waals surface area contributed by atoms with Gasteiger partial charge in [-0.05, 0) is 106 Å². The molecular formula is C46H59N5O5. The van der Waals surface area contributed by atoms with E-state index in [2.05, 4.69) is 49.6 Å². The molecule has 10 nitrogen and oxygen atoms in total. The molecule has 0 radical (unpaired) electrons. The van der Waals surface area contributed by atoms with Crippen molar-refractivity contribution >= 4 is 17.9 Å². The first-order chi connectivity index (χ1) is 27.0. The van der Waals surface area contributed by atoms with E-state index in [1.807, 2.05) is 73.1 Å². The average molecular weight is 762 g/mol. The maximum absolute atomic E-state index is 14.9. The summed E-state index contributed by atoms with van der Waals surface area (Å²) in [7, 11) is 5.94. The Hall–Kier alpha value is -5.09. The smallest absolute Gasteiger partial charge is 0.415 e. The van der Waals surface area contributed by atoms with Gasteiger partial charge in [0.05, 0.1) is 5.56 Å². The Morgan fingerprint density at radius 3 is 2.18 bits per heavy atom. The second kappa shape index (κ2) is 18.2. The summed E-state index contributed by atoms with van der Waals surface area (Å²) in [6.45, 7) is 12.3. The highest BCUT2D eigenvalue weighted by molar-refractivity contribution is 6.03. The number of carbonyl (C=O) groups is 3. The highest BCUT2D eigenvalue weighted by Gasteiger charge is 2.33. The summed E-state index contributed by atoms with van der Waals surface area (Å²) < 4.78 is 13.9. The second-order valence-corrected chi connectivity index (χ2v) is 15.6. The standard InChI is InChI=1S/C46H59N5O5/c1-8-10-21-49(22-11-9-2)44(52)38-29-41(48(7)33(38)4)39-27-35-20-23-50(46(54)56-43-19-15-14-18-42(43)55-25-24-47(5)6)30-37(35)28-40(39)45(53)51-31-36-17-13-12-16-34(36)26-32(51)3/h12-19,27-29,32H,8-11,20-26,30-31H2,1-7H3/t32-/m1/s1. The number of hydrogen-bond donors (Lipinski definition) is 0. The molecule has 6 rings (SSSR count). The van der Waals surface area contributed by atoms with Crippen LogP contribution in [0, 0.1) is 6.92 Å². The van der Waals surface area contributed by atoms with Crippen molar-refractivity contribution in [2.75, 3.05) is 46.9 Å². The maximum Gasteiger partial charge on any atom is 0.415 e. The Morgan fingerprint density at radius 2 is 1.48 bits per heavy atom. The number of aromatic nitrogens is 1. The van der Waals surface area contributed by atoms with Gasteiger partial charge in [0.1, 0.15) is 6.61 Å². The van der Waals surface area contributed by atoms with Gasteiger partial charge in [0, 0.05) is 74.9 Å². The van der Waals surface area contributed by atoms with Crippen molar-refractivity contribution in [3.05, 3.63) is 106 Å². The summed E-state index contributed by atoms with van der Waals surface area (Å²) >= 11 is 0. The lowest BCUT2D eigenvalue weighted by Gasteiger charge is -2.36. The molecule has 0 saturated carbocycles. The largest absolute Gasteiger partial charge is 0.488 e. The monoisotopic (exact) mass is 761 g/mol.